The second kappa shape index (κ2) is 9.08. The van der Waals surface area contributed by atoms with Crippen LogP contribution in [0.25, 0.3) is 22.4 Å². The first kappa shape index (κ1) is 22.4. The van der Waals surface area contributed by atoms with Crippen LogP contribution in [-0.4, -0.2) is 10.9 Å². The number of para-hydroxylation sites is 2. The number of rotatable bonds is 4. The third-order valence-electron chi connectivity index (χ3n) is 5.15. The van der Waals surface area contributed by atoms with Crippen LogP contribution in [0, 0.1) is 11.3 Å². The highest BCUT2D eigenvalue weighted by molar-refractivity contribution is 7.07. The van der Waals surface area contributed by atoms with E-state index in [9.17, 15) is 13.2 Å². The standard InChI is InChI=1S/C26H15F3N4OS/c27-26(28,29)20-6-2-3-7-21(20)32-25-33(31-15-18-11-9-17(14-30)10-12-18)22(16-35-25)24-13-19-5-1-4-8-23(19)34-24/h1-13,15-16H/b31-15-,32-25?. The van der Waals surface area contributed by atoms with Gasteiger partial charge in [-0.25, -0.2) is 9.67 Å². The molecule has 0 bridgehead atoms. The maximum Gasteiger partial charge on any atom is 0.418 e. The normalized spacial score (nSPS) is 12.5. The Kier molecular flexibility index (Phi) is 5.81. The molecule has 172 valence electrons. The highest BCUT2D eigenvalue weighted by Gasteiger charge is 2.33. The molecule has 0 atom stereocenters. The van der Waals surface area contributed by atoms with Crippen molar-refractivity contribution >= 4 is 34.2 Å². The number of fused-ring (bicyclic) bond motifs is 1. The van der Waals surface area contributed by atoms with E-state index in [4.69, 9.17) is 9.68 Å². The number of thiazole rings is 1. The minimum atomic E-state index is -4.55. The fraction of sp³-hybridized carbons (Fsp3) is 0.0385. The lowest BCUT2D eigenvalue weighted by molar-refractivity contribution is -0.137. The topological polar surface area (TPSA) is 66.6 Å². The van der Waals surface area contributed by atoms with E-state index in [-0.39, 0.29) is 10.5 Å². The van der Waals surface area contributed by atoms with Crippen LogP contribution in [0.2, 0.25) is 0 Å². The van der Waals surface area contributed by atoms with Crippen LogP contribution in [0.15, 0.2) is 98.8 Å². The van der Waals surface area contributed by atoms with Crippen LogP contribution in [0.1, 0.15) is 16.7 Å². The van der Waals surface area contributed by atoms with Gasteiger partial charge in [0, 0.05) is 10.8 Å². The van der Waals surface area contributed by atoms with Gasteiger partial charge in [0.1, 0.15) is 11.3 Å². The van der Waals surface area contributed by atoms with E-state index in [2.05, 4.69) is 16.2 Å². The Morgan fingerprint density at radius 1 is 0.971 bits per heavy atom. The molecule has 0 saturated heterocycles. The Morgan fingerprint density at radius 2 is 1.71 bits per heavy atom. The summed E-state index contributed by atoms with van der Waals surface area (Å²) in [5.41, 5.74) is 1.39. The Morgan fingerprint density at radius 3 is 2.46 bits per heavy atom. The molecular formula is C26H15F3N4OS. The van der Waals surface area contributed by atoms with Crippen molar-refractivity contribution in [2.45, 2.75) is 6.18 Å². The summed E-state index contributed by atoms with van der Waals surface area (Å²) in [7, 11) is 0. The van der Waals surface area contributed by atoms with Gasteiger partial charge in [-0.2, -0.15) is 23.5 Å². The first-order valence-electron chi connectivity index (χ1n) is 10.4. The number of nitriles is 1. The quantitative estimate of drug-likeness (QED) is 0.257. The van der Waals surface area contributed by atoms with Crippen molar-refractivity contribution in [2.24, 2.45) is 10.1 Å². The van der Waals surface area contributed by atoms with Crippen molar-refractivity contribution in [1.82, 2.24) is 4.68 Å². The molecule has 0 saturated carbocycles. The molecule has 5 aromatic rings. The van der Waals surface area contributed by atoms with E-state index < -0.39 is 11.7 Å². The summed E-state index contributed by atoms with van der Waals surface area (Å²) in [6.45, 7) is 0. The number of hydrogen-bond donors (Lipinski definition) is 0. The number of furan rings is 1. The average Bonchev–Trinajstić information content (AvgIpc) is 3.46. The predicted molar refractivity (Wildman–Crippen MR) is 128 cm³/mol. The van der Waals surface area contributed by atoms with Gasteiger partial charge in [-0.05, 0) is 42.0 Å². The fourth-order valence-corrected chi connectivity index (χ4v) is 4.28. The summed E-state index contributed by atoms with van der Waals surface area (Å²) < 4.78 is 48.0. The van der Waals surface area contributed by atoms with Gasteiger partial charge in [0.05, 0.1) is 29.1 Å². The van der Waals surface area contributed by atoms with Crippen molar-refractivity contribution < 1.29 is 17.6 Å². The van der Waals surface area contributed by atoms with Gasteiger partial charge >= 0.3 is 6.18 Å². The summed E-state index contributed by atoms with van der Waals surface area (Å²) in [6.07, 6.45) is -3.00. The first-order chi connectivity index (χ1) is 16.9. The lowest BCUT2D eigenvalue weighted by atomic mass is 10.2. The van der Waals surface area contributed by atoms with Crippen molar-refractivity contribution in [1.29, 1.82) is 5.26 Å². The maximum absolute atomic E-state index is 13.5. The fourth-order valence-electron chi connectivity index (χ4n) is 3.45. The molecule has 2 heterocycles. The lowest BCUT2D eigenvalue weighted by Crippen LogP contribution is -2.12. The Bertz CT molecular complexity index is 1620. The highest BCUT2D eigenvalue weighted by atomic mass is 32.1. The molecule has 3 aromatic carbocycles. The summed E-state index contributed by atoms with van der Waals surface area (Å²) in [5.74, 6) is 0.505. The molecule has 0 amide bonds. The zero-order valence-electron chi connectivity index (χ0n) is 17.9. The van der Waals surface area contributed by atoms with Gasteiger partial charge in [0.25, 0.3) is 0 Å². The smallest absolute Gasteiger partial charge is 0.418 e. The van der Waals surface area contributed by atoms with E-state index in [1.807, 2.05) is 30.3 Å². The molecule has 0 unspecified atom stereocenters. The molecule has 0 radical (unpaired) electrons. The highest BCUT2D eigenvalue weighted by Crippen LogP contribution is 2.36. The number of alkyl halides is 3. The number of halogens is 3. The molecule has 5 nitrogen and oxygen atoms in total. The lowest BCUT2D eigenvalue weighted by Gasteiger charge is -2.08. The predicted octanol–water partition coefficient (Wildman–Crippen LogP) is 6.97. The minimum absolute atomic E-state index is 0.208. The minimum Gasteiger partial charge on any atom is -0.454 e. The molecule has 0 spiro atoms. The van der Waals surface area contributed by atoms with E-state index >= 15 is 0 Å². The zero-order chi connectivity index (χ0) is 24.4. The molecule has 0 aliphatic carbocycles. The van der Waals surface area contributed by atoms with Crippen molar-refractivity contribution in [2.75, 3.05) is 0 Å². The molecule has 5 rings (SSSR count). The first-order valence-corrected chi connectivity index (χ1v) is 11.3. The molecule has 9 heteroatoms. The monoisotopic (exact) mass is 488 g/mol. The molecule has 2 aromatic heterocycles. The van der Waals surface area contributed by atoms with Gasteiger partial charge in [0.15, 0.2) is 5.76 Å². The average molecular weight is 488 g/mol. The molecular weight excluding hydrogens is 473 g/mol. The third kappa shape index (κ3) is 4.65. The molecule has 35 heavy (non-hydrogen) atoms. The van der Waals surface area contributed by atoms with Gasteiger partial charge in [0.2, 0.25) is 4.80 Å². The Balaban J connectivity index is 1.67. The van der Waals surface area contributed by atoms with E-state index in [1.54, 1.807) is 35.9 Å². The molecule has 0 aliphatic rings. The van der Waals surface area contributed by atoms with Crippen molar-refractivity contribution in [3.05, 3.63) is 106 Å². The van der Waals surface area contributed by atoms with Gasteiger partial charge in [-0.15, -0.1) is 11.3 Å². The van der Waals surface area contributed by atoms with Crippen LogP contribution >= 0.6 is 11.3 Å². The zero-order valence-corrected chi connectivity index (χ0v) is 18.7. The van der Waals surface area contributed by atoms with E-state index in [0.717, 1.165) is 22.8 Å². The van der Waals surface area contributed by atoms with E-state index in [1.165, 1.54) is 22.9 Å². The second-order valence-corrected chi connectivity index (χ2v) is 8.31. The number of nitrogens with zero attached hydrogens (tertiary/aromatic N) is 4. The van der Waals surface area contributed by atoms with Crippen molar-refractivity contribution in [3.8, 4) is 17.5 Å². The Labute approximate surface area is 201 Å². The van der Waals surface area contributed by atoms with Crippen LogP contribution < -0.4 is 4.80 Å². The van der Waals surface area contributed by atoms with Crippen LogP contribution in [0.5, 0.6) is 0 Å². The maximum atomic E-state index is 13.5. The molecule has 0 N–H and O–H groups in total. The summed E-state index contributed by atoms with van der Waals surface area (Å²) >= 11 is 1.15. The molecule has 0 fully saturated rings. The second-order valence-electron chi connectivity index (χ2n) is 7.47. The van der Waals surface area contributed by atoms with Crippen LogP contribution in [-0.2, 0) is 6.18 Å². The number of benzene rings is 3. The van der Waals surface area contributed by atoms with Gasteiger partial charge in [-0.3, -0.25) is 0 Å². The SMILES string of the molecule is N#Cc1ccc(/C=N\n2c(-c3cc4ccccc4o3)csc2=Nc2ccccc2C(F)(F)F)cc1. The Hall–Kier alpha value is -4.42. The summed E-state index contributed by atoms with van der Waals surface area (Å²) in [5, 5.41) is 16.1. The third-order valence-corrected chi connectivity index (χ3v) is 5.97. The van der Waals surface area contributed by atoms with Gasteiger partial charge < -0.3 is 4.42 Å². The van der Waals surface area contributed by atoms with Crippen LogP contribution in [0.3, 0.4) is 0 Å². The largest absolute Gasteiger partial charge is 0.454 e. The number of aromatic nitrogens is 1. The van der Waals surface area contributed by atoms with Crippen molar-refractivity contribution in [3.63, 3.8) is 0 Å². The summed E-state index contributed by atoms with van der Waals surface area (Å²) in [4.78, 5) is 4.55. The van der Waals surface area contributed by atoms with Gasteiger partial charge in [-0.1, -0.05) is 42.5 Å². The van der Waals surface area contributed by atoms with Crippen LogP contribution in [0.4, 0.5) is 18.9 Å². The van der Waals surface area contributed by atoms with E-state index in [0.29, 0.717) is 28.2 Å². The summed E-state index contributed by atoms with van der Waals surface area (Å²) in [6, 6.07) is 23.3. The number of hydrogen-bond acceptors (Lipinski definition) is 5. The molecule has 0 aliphatic heterocycles.